The van der Waals surface area contributed by atoms with E-state index in [2.05, 4.69) is 31.5 Å². The van der Waals surface area contributed by atoms with E-state index in [-0.39, 0.29) is 11.3 Å². The number of fused-ring (bicyclic) bond motifs is 1. The van der Waals surface area contributed by atoms with Gasteiger partial charge in [0.1, 0.15) is 12.1 Å². The first kappa shape index (κ1) is 21.9. The molecule has 3 heterocycles. The molecule has 0 spiro atoms. The fraction of sp³-hybridized carbons (Fsp3) is 0.125. The molecule has 11 heteroatoms. The number of nitrogens with one attached hydrogen (secondary N) is 1. The number of aryl methyl sites for hydroxylation is 3. The van der Waals surface area contributed by atoms with Crippen LogP contribution in [0, 0.1) is 30.9 Å². The summed E-state index contributed by atoms with van der Waals surface area (Å²) in [5.74, 6) is 0.290. The van der Waals surface area contributed by atoms with Crippen molar-refractivity contribution < 1.29 is 9.72 Å². The zero-order valence-corrected chi connectivity index (χ0v) is 19.1. The molecule has 5 rings (SSSR count). The van der Waals surface area contributed by atoms with E-state index in [1.165, 1.54) is 35.3 Å². The molecule has 5 aromatic rings. The molecular formula is C24H20N8O3. The van der Waals surface area contributed by atoms with Crippen molar-refractivity contribution in [3.8, 4) is 11.5 Å². The van der Waals surface area contributed by atoms with E-state index in [9.17, 15) is 14.9 Å². The number of benzene rings is 2. The van der Waals surface area contributed by atoms with Gasteiger partial charge < -0.3 is 5.32 Å². The highest BCUT2D eigenvalue weighted by molar-refractivity contribution is 6.04. The van der Waals surface area contributed by atoms with Gasteiger partial charge in [-0.2, -0.15) is 14.9 Å². The van der Waals surface area contributed by atoms with Gasteiger partial charge in [0.05, 0.1) is 27.9 Å². The molecule has 11 nitrogen and oxygen atoms in total. The molecule has 2 aromatic carbocycles. The second-order valence-electron chi connectivity index (χ2n) is 8.13. The Hall–Kier alpha value is -4.93. The van der Waals surface area contributed by atoms with Crippen LogP contribution in [0.15, 0.2) is 61.1 Å². The minimum atomic E-state index is -0.545. The Morgan fingerprint density at radius 3 is 2.63 bits per heavy atom. The number of amides is 1. The van der Waals surface area contributed by atoms with Crippen LogP contribution in [-0.4, -0.2) is 40.4 Å². The lowest BCUT2D eigenvalue weighted by atomic mass is 10.1. The van der Waals surface area contributed by atoms with Gasteiger partial charge in [-0.25, -0.2) is 14.6 Å². The van der Waals surface area contributed by atoms with E-state index in [4.69, 9.17) is 0 Å². The molecule has 0 atom stereocenters. The molecular weight excluding hydrogens is 448 g/mol. The number of rotatable bonds is 5. The lowest BCUT2D eigenvalue weighted by molar-refractivity contribution is -0.384. The van der Waals surface area contributed by atoms with Crippen LogP contribution in [0.3, 0.4) is 0 Å². The third kappa shape index (κ3) is 3.99. The number of carbonyl (C=O) groups excluding carboxylic acids is 1. The van der Waals surface area contributed by atoms with Crippen molar-refractivity contribution in [1.29, 1.82) is 0 Å². The van der Waals surface area contributed by atoms with Crippen LogP contribution in [-0.2, 0) is 0 Å². The third-order valence-electron chi connectivity index (χ3n) is 5.52. The number of anilines is 1. The highest BCUT2D eigenvalue weighted by atomic mass is 16.6. The third-order valence-corrected chi connectivity index (χ3v) is 5.52. The molecule has 0 saturated heterocycles. The maximum absolute atomic E-state index is 12.9. The normalized spacial score (nSPS) is 11.1. The highest BCUT2D eigenvalue weighted by Gasteiger charge is 2.19. The molecule has 0 fully saturated rings. The largest absolute Gasteiger partial charge is 0.306 e. The second-order valence-corrected chi connectivity index (χ2v) is 8.13. The summed E-state index contributed by atoms with van der Waals surface area (Å²) in [7, 11) is 0. The average Bonchev–Trinajstić information content (AvgIpc) is 3.42. The monoisotopic (exact) mass is 468 g/mol. The maximum Gasteiger partial charge on any atom is 0.270 e. The minimum Gasteiger partial charge on any atom is -0.306 e. The number of hydrogen-bond donors (Lipinski definition) is 1. The van der Waals surface area contributed by atoms with Gasteiger partial charge in [-0.1, -0.05) is 23.8 Å². The number of nitro benzene ring substituents is 1. The summed E-state index contributed by atoms with van der Waals surface area (Å²) < 4.78 is 3.25. The van der Waals surface area contributed by atoms with E-state index in [1.807, 2.05) is 26.0 Å². The van der Waals surface area contributed by atoms with Crippen LogP contribution in [0.25, 0.3) is 22.5 Å². The molecule has 0 radical (unpaired) electrons. The maximum atomic E-state index is 12.9. The van der Waals surface area contributed by atoms with Crippen molar-refractivity contribution in [1.82, 2.24) is 29.5 Å². The zero-order valence-electron chi connectivity index (χ0n) is 19.1. The summed E-state index contributed by atoms with van der Waals surface area (Å²) in [6.07, 6.45) is 3.08. The lowest BCUT2D eigenvalue weighted by Crippen LogP contribution is -2.16. The molecule has 0 aliphatic rings. The Balaban J connectivity index is 1.55. The summed E-state index contributed by atoms with van der Waals surface area (Å²) in [5, 5.41) is 23.5. The first-order valence-electron chi connectivity index (χ1n) is 10.7. The smallest absolute Gasteiger partial charge is 0.270 e. The van der Waals surface area contributed by atoms with Crippen molar-refractivity contribution in [3.05, 3.63) is 93.6 Å². The Kier molecular flexibility index (Phi) is 5.28. The van der Waals surface area contributed by atoms with Crippen molar-refractivity contribution in [2.75, 3.05) is 5.32 Å². The van der Waals surface area contributed by atoms with Gasteiger partial charge in [-0.05, 0) is 38.5 Å². The van der Waals surface area contributed by atoms with E-state index >= 15 is 0 Å². The van der Waals surface area contributed by atoms with Crippen molar-refractivity contribution in [3.63, 3.8) is 0 Å². The number of aromatic nitrogens is 6. The van der Waals surface area contributed by atoms with E-state index in [1.54, 1.807) is 23.9 Å². The molecule has 1 amide bonds. The highest BCUT2D eigenvalue weighted by Crippen LogP contribution is 2.26. The number of nitro groups is 1. The molecule has 174 valence electrons. The summed E-state index contributed by atoms with van der Waals surface area (Å²) in [4.78, 5) is 32.3. The molecule has 0 bridgehead atoms. The van der Waals surface area contributed by atoms with Crippen molar-refractivity contribution in [2.45, 2.75) is 20.8 Å². The molecule has 0 aliphatic heterocycles. The number of hydrogen-bond acceptors (Lipinski definition) is 7. The summed E-state index contributed by atoms with van der Waals surface area (Å²) in [6.45, 7) is 5.83. The molecule has 0 unspecified atom stereocenters. The second kappa shape index (κ2) is 8.45. The summed E-state index contributed by atoms with van der Waals surface area (Å²) >= 11 is 0. The van der Waals surface area contributed by atoms with E-state index in [0.29, 0.717) is 28.4 Å². The van der Waals surface area contributed by atoms with E-state index < -0.39 is 10.8 Å². The van der Waals surface area contributed by atoms with Gasteiger partial charge in [0.25, 0.3) is 11.6 Å². The number of nitrogens with zero attached hydrogens (tertiary/aromatic N) is 7. The van der Waals surface area contributed by atoms with Gasteiger partial charge >= 0.3 is 0 Å². The number of carbonyl (C=O) groups is 1. The summed E-state index contributed by atoms with van der Waals surface area (Å²) in [6, 6.07) is 13.3. The van der Waals surface area contributed by atoms with Crippen LogP contribution in [0.4, 0.5) is 11.5 Å². The quantitative estimate of drug-likeness (QED) is 0.303. The predicted molar refractivity (Wildman–Crippen MR) is 129 cm³/mol. The Morgan fingerprint density at radius 1 is 1.03 bits per heavy atom. The standard InChI is InChI=1S/C24H20N8O3/c1-14-7-8-20(15(2)9-14)30-22-19(12-27-30)23(26-13-25-22)31-21(10-16(3)29-31)28-24(33)17-5-4-6-18(11-17)32(34)35/h4-13H,1-3H3,(H,28,33). The number of non-ortho nitro benzene ring substituents is 1. The fourth-order valence-electron chi connectivity index (χ4n) is 3.92. The van der Waals surface area contributed by atoms with Crippen LogP contribution in [0.5, 0.6) is 0 Å². The van der Waals surface area contributed by atoms with Gasteiger partial charge in [0.15, 0.2) is 11.5 Å². The lowest BCUT2D eigenvalue weighted by Gasteiger charge is -2.10. The van der Waals surface area contributed by atoms with Gasteiger partial charge in [-0.15, -0.1) is 0 Å². The Bertz CT molecular complexity index is 1620. The first-order valence-corrected chi connectivity index (χ1v) is 10.7. The first-order chi connectivity index (χ1) is 16.8. The average molecular weight is 468 g/mol. The fourth-order valence-corrected chi connectivity index (χ4v) is 3.92. The summed E-state index contributed by atoms with van der Waals surface area (Å²) in [5.41, 5.74) is 4.31. The van der Waals surface area contributed by atoms with Crippen molar-refractivity contribution >= 4 is 28.4 Å². The molecule has 0 aliphatic carbocycles. The SMILES string of the molecule is Cc1ccc(-n2ncc3c(-n4nc(C)cc4NC(=O)c4cccc([N+](=O)[O-])c4)ncnc32)c(C)c1. The topological polar surface area (TPSA) is 134 Å². The van der Waals surface area contributed by atoms with Crippen LogP contribution in [0.2, 0.25) is 0 Å². The molecule has 3 aromatic heterocycles. The molecule has 0 saturated carbocycles. The zero-order chi connectivity index (χ0) is 24.7. The van der Waals surface area contributed by atoms with Gasteiger partial charge in [-0.3, -0.25) is 14.9 Å². The minimum absolute atomic E-state index is 0.153. The van der Waals surface area contributed by atoms with Gasteiger partial charge in [0, 0.05) is 23.8 Å². The van der Waals surface area contributed by atoms with Crippen molar-refractivity contribution in [2.24, 2.45) is 0 Å². The van der Waals surface area contributed by atoms with Gasteiger partial charge in [0.2, 0.25) is 0 Å². The molecule has 1 N–H and O–H groups in total. The van der Waals surface area contributed by atoms with E-state index in [0.717, 1.165) is 16.8 Å². The predicted octanol–water partition coefficient (Wildman–Crippen LogP) is 4.09. The van der Waals surface area contributed by atoms with Crippen LogP contribution >= 0.6 is 0 Å². The Morgan fingerprint density at radius 2 is 1.86 bits per heavy atom. The Labute approximate surface area is 199 Å². The van der Waals surface area contributed by atoms with Crippen LogP contribution < -0.4 is 5.32 Å². The molecule has 35 heavy (non-hydrogen) atoms. The van der Waals surface area contributed by atoms with Crippen LogP contribution in [0.1, 0.15) is 27.2 Å².